The van der Waals surface area contributed by atoms with Gasteiger partial charge in [-0.3, -0.25) is 10.1 Å². The zero-order chi connectivity index (χ0) is 11.7. The summed E-state index contributed by atoms with van der Waals surface area (Å²) >= 11 is 0. The van der Waals surface area contributed by atoms with Crippen LogP contribution in [0.1, 0.15) is 18.6 Å². The van der Waals surface area contributed by atoms with Crippen LogP contribution < -0.4 is 0 Å². The monoisotopic (exact) mass is 217 g/mol. The number of non-ortho nitro benzene ring substituents is 1. The zero-order valence-corrected chi connectivity index (χ0v) is 8.75. The van der Waals surface area contributed by atoms with Crippen LogP contribution >= 0.6 is 0 Å². The van der Waals surface area contributed by atoms with E-state index in [4.69, 9.17) is 0 Å². The Hall–Kier alpha value is -1.94. The number of aliphatic hydroxyl groups is 1. The second-order valence-electron chi connectivity index (χ2n) is 3.65. The Morgan fingerprint density at radius 3 is 2.38 bits per heavy atom. The van der Waals surface area contributed by atoms with Crippen molar-refractivity contribution >= 4 is 16.5 Å². The molecule has 0 saturated heterocycles. The van der Waals surface area contributed by atoms with E-state index in [2.05, 4.69) is 0 Å². The standard InChI is InChI=1S/C12H11NO3/c1-8(14)9-6-7-12(13(15)16)11-5-3-2-4-10(9)11/h2-8,14H,1H3/t8-/m1/s1. The lowest BCUT2D eigenvalue weighted by molar-refractivity contribution is -0.383. The Bertz CT molecular complexity index is 549. The minimum Gasteiger partial charge on any atom is -0.389 e. The van der Waals surface area contributed by atoms with Crippen LogP contribution in [0.4, 0.5) is 5.69 Å². The largest absolute Gasteiger partial charge is 0.389 e. The smallest absolute Gasteiger partial charge is 0.277 e. The molecule has 0 unspecified atom stereocenters. The van der Waals surface area contributed by atoms with Crippen molar-refractivity contribution in [3.63, 3.8) is 0 Å². The third-order valence-electron chi connectivity index (χ3n) is 2.58. The molecule has 1 N–H and O–H groups in total. The van der Waals surface area contributed by atoms with Gasteiger partial charge in [0, 0.05) is 6.07 Å². The molecule has 0 aliphatic carbocycles. The van der Waals surface area contributed by atoms with Crippen molar-refractivity contribution in [2.24, 2.45) is 0 Å². The second kappa shape index (κ2) is 3.90. The Labute approximate surface area is 92.3 Å². The molecule has 2 aromatic rings. The molecule has 0 spiro atoms. The molecular formula is C12H11NO3. The Morgan fingerprint density at radius 2 is 1.81 bits per heavy atom. The molecule has 0 heterocycles. The van der Waals surface area contributed by atoms with Crippen molar-refractivity contribution in [3.8, 4) is 0 Å². The average molecular weight is 217 g/mol. The van der Waals surface area contributed by atoms with E-state index in [1.54, 1.807) is 37.3 Å². The molecule has 0 aliphatic heterocycles. The molecule has 0 bridgehead atoms. The van der Waals surface area contributed by atoms with Gasteiger partial charge in [0.2, 0.25) is 0 Å². The maximum atomic E-state index is 10.8. The molecule has 0 saturated carbocycles. The first-order chi connectivity index (χ1) is 7.61. The predicted octanol–water partition coefficient (Wildman–Crippen LogP) is 2.80. The zero-order valence-electron chi connectivity index (χ0n) is 8.75. The third-order valence-corrected chi connectivity index (χ3v) is 2.58. The SMILES string of the molecule is C[C@@H](O)c1ccc([N+](=O)[O-])c2ccccc12. The number of aliphatic hydroxyl groups excluding tert-OH is 1. The number of nitro benzene ring substituents is 1. The van der Waals surface area contributed by atoms with Gasteiger partial charge >= 0.3 is 0 Å². The van der Waals surface area contributed by atoms with Gasteiger partial charge in [-0.2, -0.15) is 0 Å². The maximum absolute atomic E-state index is 10.8. The highest BCUT2D eigenvalue weighted by atomic mass is 16.6. The fraction of sp³-hybridized carbons (Fsp3) is 0.167. The van der Waals surface area contributed by atoms with Crippen molar-refractivity contribution < 1.29 is 10.0 Å². The van der Waals surface area contributed by atoms with Crippen LogP contribution in [0.2, 0.25) is 0 Å². The second-order valence-corrected chi connectivity index (χ2v) is 3.65. The summed E-state index contributed by atoms with van der Waals surface area (Å²) in [6.07, 6.45) is -0.634. The molecule has 0 radical (unpaired) electrons. The van der Waals surface area contributed by atoms with Gasteiger partial charge in [-0.1, -0.05) is 18.2 Å². The van der Waals surface area contributed by atoms with Crippen molar-refractivity contribution in [3.05, 3.63) is 52.1 Å². The van der Waals surface area contributed by atoms with Gasteiger partial charge in [0.05, 0.1) is 16.4 Å². The number of hydrogen-bond donors (Lipinski definition) is 1. The van der Waals surface area contributed by atoms with Gasteiger partial charge in [-0.25, -0.2) is 0 Å². The number of hydrogen-bond acceptors (Lipinski definition) is 3. The van der Waals surface area contributed by atoms with E-state index in [1.165, 1.54) is 6.07 Å². The van der Waals surface area contributed by atoms with Crippen LogP contribution in [-0.4, -0.2) is 10.0 Å². The van der Waals surface area contributed by atoms with E-state index in [1.807, 2.05) is 0 Å². The highest BCUT2D eigenvalue weighted by Crippen LogP contribution is 2.31. The Kier molecular flexibility index (Phi) is 2.58. The van der Waals surface area contributed by atoms with Crippen LogP contribution in [0.25, 0.3) is 10.8 Å². The molecule has 2 aromatic carbocycles. The fourth-order valence-corrected chi connectivity index (χ4v) is 1.83. The van der Waals surface area contributed by atoms with Gasteiger partial charge in [0.25, 0.3) is 5.69 Å². The average Bonchev–Trinajstić information content (AvgIpc) is 2.27. The molecule has 0 aliphatic rings. The summed E-state index contributed by atoms with van der Waals surface area (Å²) in [7, 11) is 0. The van der Waals surface area contributed by atoms with E-state index < -0.39 is 11.0 Å². The molecular weight excluding hydrogens is 206 g/mol. The Morgan fingerprint density at radius 1 is 1.19 bits per heavy atom. The van der Waals surface area contributed by atoms with E-state index in [-0.39, 0.29) is 5.69 Å². The summed E-state index contributed by atoms with van der Waals surface area (Å²) in [6.45, 7) is 1.65. The molecule has 2 rings (SSSR count). The molecule has 0 aromatic heterocycles. The van der Waals surface area contributed by atoms with Crippen molar-refractivity contribution in [2.45, 2.75) is 13.0 Å². The number of nitro groups is 1. The number of nitrogens with zero attached hydrogens (tertiary/aromatic N) is 1. The fourth-order valence-electron chi connectivity index (χ4n) is 1.83. The summed E-state index contributed by atoms with van der Waals surface area (Å²) in [6, 6.07) is 10.1. The van der Waals surface area contributed by atoms with E-state index in [0.29, 0.717) is 10.9 Å². The quantitative estimate of drug-likeness (QED) is 0.621. The van der Waals surface area contributed by atoms with Crippen molar-refractivity contribution in [2.75, 3.05) is 0 Å². The Balaban J connectivity index is 2.82. The van der Waals surface area contributed by atoms with Gasteiger partial charge in [0.15, 0.2) is 0 Å². The third kappa shape index (κ3) is 1.63. The lowest BCUT2D eigenvalue weighted by Crippen LogP contribution is -1.96. The first-order valence-corrected chi connectivity index (χ1v) is 4.95. The van der Waals surface area contributed by atoms with E-state index in [0.717, 1.165) is 5.39 Å². The van der Waals surface area contributed by atoms with Crippen LogP contribution in [-0.2, 0) is 0 Å². The van der Waals surface area contributed by atoms with Gasteiger partial charge in [0.1, 0.15) is 0 Å². The number of rotatable bonds is 2. The van der Waals surface area contributed by atoms with Crippen LogP contribution in [0.5, 0.6) is 0 Å². The lowest BCUT2D eigenvalue weighted by atomic mass is 10.00. The predicted molar refractivity (Wildman–Crippen MR) is 61.2 cm³/mol. The number of benzene rings is 2. The molecule has 82 valence electrons. The number of fused-ring (bicyclic) bond motifs is 1. The lowest BCUT2D eigenvalue weighted by Gasteiger charge is -2.09. The minimum atomic E-state index is -0.634. The highest BCUT2D eigenvalue weighted by molar-refractivity contribution is 5.93. The molecule has 0 amide bonds. The van der Waals surface area contributed by atoms with Gasteiger partial charge in [-0.15, -0.1) is 0 Å². The van der Waals surface area contributed by atoms with Crippen molar-refractivity contribution in [1.29, 1.82) is 0 Å². The maximum Gasteiger partial charge on any atom is 0.277 e. The normalized spacial score (nSPS) is 12.6. The summed E-state index contributed by atoms with van der Waals surface area (Å²) in [4.78, 5) is 10.4. The van der Waals surface area contributed by atoms with Crippen LogP contribution in [0, 0.1) is 10.1 Å². The summed E-state index contributed by atoms with van der Waals surface area (Å²) < 4.78 is 0. The molecule has 4 heteroatoms. The van der Waals surface area contributed by atoms with E-state index >= 15 is 0 Å². The van der Waals surface area contributed by atoms with Crippen LogP contribution in [0.3, 0.4) is 0 Å². The minimum absolute atomic E-state index is 0.0694. The summed E-state index contributed by atoms with van der Waals surface area (Å²) in [5.41, 5.74) is 0.779. The molecule has 16 heavy (non-hydrogen) atoms. The summed E-state index contributed by atoms with van der Waals surface area (Å²) in [5.74, 6) is 0. The van der Waals surface area contributed by atoms with E-state index in [9.17, 15) is 15.2 Å². The van der Waals surface area contributed by atoms with Gasteiger partial charge in [-0.05, 0) is 30.0 Å². The molecule has 1 atom stereocenters. The first-order valence-electron chi connectivity index (χ1n) is 4.95. The topological polar surface area (TPSA) is 63.4 Å². The molecule has 0 fully saturated rings. The molecule has 4 nitrogen and oxygen atoms in total. The van der Waals surface area contributed by atoms with Gasteiger partial charge < -0.3 is 5.11 Å². The highest BCUT2D eigenvalue weighted by Gasteiger charge is 2.15. The first kappa shape index (κ1) is 10.6. The van der Waals surface area contributed by atoms with Crippen LogP contribution in [0.15, 0.2) is 36.4 Å². The summed E-state index contributed by atoms with van der Waals surface area (Å²) in [5, 5.41) is 21.7. The van der Waals surface area contributed by atoms with Crippen molar-refractivity contribution in [1.82, 2.24) is 0 Å².